The van der Waals surface area contributed by atoms with Gasteiger partial charge in [-0.15, -0.1) is 0 Å². The van der Waals surface area contributed by atoms with Gasteiger partial charge in [0, 0.05) is 23.2 Å². The van der Waals surface area contributed by atoms with Crippen LogP contribution in [-0.4, -0.2) is 12.1 Å². The van der Waals surface area contributed by atoms with Crippen molar-refractivity contribution >= 4 is 16.6 Å². The van der Waals surface area contributed by atoms with Gasteiger partial charge >= 0.3 is 0 Å². The molecule has 0 saturated heterocycles. The highest BCUT2D eigenvalue weighted by Crippen LogP contribution is 2.27. The summed E-state index contributed by atoms with van der Waals surface area (Å²) in [6, 6.07) is 15.4. The highest BCUT2D eigenvalue weighted by Gasteiger charge is 2.05. The van der Waals surface area contributed by atoms with Gasteiger partial charge in [0.2, 0.25) is 0 Å². The zero-order chi connectivity index (χ0) is 14.7. The van der Waals surface area contributed by atoms with E-state index in [1.807, 2.05) is 42.5 Å². The Hall–Kier alpha value is -2.75. The fraction of sp³-hybridized carbons (Fsp3) is 0.118. The van der Waals surface area contributed by atoms with E-state index in [0.717, 1.165) is 16.5 Å². The lowest BCUT2D eigenvalue weighted by Gasteiger charge is -2.11. The molecule has 0 saturated carbocycles. The lowest BCUT2D eigenvalue weighted by molar-refractivity contribution is 0.308. The Morgan fingerprint density at radius 2 is 1.95 bits per heavy atom. The third kappa shape index (κ3) is 2.74. The summed E-state index contributed by atoms with van der Waals surface area (Å²) in [5.74, 6) is 1.37. The zero-order valence-corrected chi connectivity index (χ0v) is 11.7. The first-order valence-electron chi connectivity index (χ1n) is 6.67. The SMILES string of the molecule is COc1ccc(OCc2ccnc3ccccc23)c(N)c1. The Bertz CT molecular complexity index is 766. The van der Waals surface area contributed by atoms with E-state index in [0.29, 0.717) is 23.8 Å². The highest BCUT2D eigenvalue weighted by molar-refractivity contribution is 5.81. The molecule has 21 heavy (non-hydrogen) atoms. The largest absolute Gasteiger partial charge is 0.497 e. The monoisotopic (exact) mass is 280 g/mol. The molecule has 0 fully saturated rings. The lowest BCUT2D eigenvalue weighted by Crippen LogP contribution is -2.00. The van der Waals surface area contributed by atoms with Crippen LogP contribution in [0.25, 0.3) is 10.9 Å². The minimum absolute atomic E-state index is 0.444. The molecule has 1 heterocycles. The average molecular weight is 280 g/mol. The van der Waals surface area contributed by atoms with Crippen LogP contribution in [0.4, 0.5) is 5.69 Å². The lowest BCUT2D eigenvalue weighted by atomic mass is 10.1. The second-order valence-corrected chi connectivity index (χ2v) is 4.68. The van der Waals surface area contributed by atoms with E-state index in [9.17, 15) is 0 Å². The summed E-state index contributed by atoms with van der Waals surface area (Å²) in [7, 11) is 1.61. The molecule has 3 rings (SSSR count). The Morgan fingerprint density at radius 3 is 2.76 bits per heavy atom. The molecule has 4 heteroatoms. The molecule has 0 aliphatic heterocycles. The van der Waals surface area contributed by atoms with Crippen LogP contribution in [0.5, 0.6) is 11.5 Å². The number of methoxy groups -OCH3 is 1. The summed E-state index contributed by atoms with van der Waals surface area (Å²) < 4.78 is 10.9. The minimum atomic E-state index is 0.444. The first-order chi connectivity index (χ1) is 10.3. The van der Waals surface area contributed by atoms with Crippen LogP contribution < -0.4 is 15.2 Å². The molecule has 0 aliphatic carbocycles. The van der Waals surface area contributed by atoms with Gasteiger partial charge in [-0.1, -0.05) is 18.2 Å². The number of fused-ring (bicyclic) bond motifs is 1. The van der Waals surface area contributed by atoms with Crippen molar-refractivity contribution in [2.45, 2.75) is 6.61 Å². The fourth-order valence-corrected chi connectivity index (χ4v) is 2.22. The van der Waals surface area contributed by atoms with E-state index in [4.69, 9.17) is 15.2 Å². The van der Waals surface area contributed by atoms with Crippen LogP contribution in [0, 0.1) is 0 Å². The molecule has 0 atom stereocenters. The molecule has 2 N–H and O–H groups in total. The number of pyridine rings is 1. The van der Waals surface area contributed by atoms with Crippen LogP contribution in [0.15, 0.2) is 54.7 Å². The van der Waals surface area contributed by atoms with Crippen LogP contribution in [0.1, 0.15) is 5.56 Å². The summed E-state index contributed by atoms with van der Waals surface area (Å²) >= 11 is 0. The smallest absolute Gasteiger partial charge is 0.142 e. The van der Waals surface area contributed by atoms with E-state index >= 15 is 0 Å². The molecule has 0 radical (unpaired) electrons. The van der Waals surface area contributed by atoms with Crippen molar-refractivity contribution in [2.75, 3.05) is 12.8 Å². The summed E-state index contributed by atoms with van der Waals surface area (Å²) in [4.78, 5) is 4.34. The minimum Gasteiger partial charge on any atom is -0.497 e. The summed E-state index contributed by atoms with van der Waals surface area (Å²) in [5.41, 5.74) is 8.56. The molecule has 106 valence electrons. The third-order valence-corrected chi connectivity index (χ3v) is 3.34. The van der Waals surface area contributed by atoms with Crippen molar-refractivity contribution in [3.05, 3.63) is 60.3 Å². The van der Waals surface area contributed by atoms with E-state index in [1.54, 1.807) is 19.4 Å². The maximum absolute atomic E-state index is 5.96. The van der Waals surface area contributed by atoms with Gasteiger partial charge in [-0.3, -0.25) is 4.98 Å². The Labute approximate surface area is 123 Å². The number of nitrogen functional groups attached to an aromatic ring is 1. The summed E-state index contributed by atoms with van der Waals surface area (Å²) in [6.07, 6.45) is 1.79. The fourth-order valence-electron chi connectivity index (χ4n) is 2.22. The number of aromatic nitrogens is 1. The Kier molecular flexibility index (Phi) is 3.60. The molecule has 4 nitrogen and oxygen atoms in total. The number of nitrogens with two attached hydrogens (primary N) is 1. The van der Waals surface area contributed by atoms with Gasteiger partial charge in [-0.25, -0.2) is 0 Å². The highest BCUT2D eigenvalue weighted by atomic mass is 16.5. The molecule has 0 aliphatic rings. The van der Waals surface area contributed by atoms with Gasteiger partial charge in [0.25, 0.3) is 0 Å². The number of nitrogens with zero attached hydrogens (tertiary/aromatic N) is 1. The van der Waals surface area contributed by atoms with Gasteiger partial charge in [-0.2, -0.15) is 0 Å². The molecule has 2 aromatic carbocycles. The average Bonchev–Trinajstić information content (AvgIpc) is 2.53. The van der Waals surface area contributed by atoms with E-state index < -0.39 is 0 Å². The maximum atomic E-state index is 5.96. The number of para-hydroxylation sites is 1. The Balaban J connectivity index is 1.84. The molecule has 0 spiro atoms. The van der Waals surface area contributed by atoms with Gasteiger partial charge in [0.1, 0.15) is 18.1 Å². The number of hydrogen-bond acceptors (Lipinski definition) is 4. The predicted molar refractivity (Wildman–Crippen MR) is 83.5 cm³/mol. The molecular formula is C17H16N2O2. The Morgan fingerprint density at radius 1 is 1.10 bits per heavy atom. The normalized spacial score (nSPS) is 10.5. The van der Waals surface area contributed by atoms with Crippen LogP contribution in [-0.2, 0) is 6.61 Å². The van der Waals surface area contributed by atoms with Crippen molar-refractivity contribution in [1.82, 2.24) is 4.98 Å². The van der Waals surface area contributed by atoms with Crippen molar-refractivity contribution in [2.24, 2.45) is 0 Å². The van der Waals surface area contributed by atoms with Gasteiger partial charge in [0.15, 0.2) is 0 Å². The maximum Gasteiger partial charge on any atom is 0.142 e. The predicted octanol–water partition coefficient (Wildman–Crippen LogP) is 3.40. The number of anilines is 1. The van der Waals surface area contributed by atoms with E-state index in [-0.39, 0.29) is 0 Å². The van der Waals surface area contributed by atoms with Crippen molar-refractivity contribution in [3.63, 3.8) is 0 Å². The molecule has 1 aromatic heterocycles. The molecule has 0 amide bonds. The number of rotatable bonds is 4. The van der Waals surface area contributed by atoms with Crippen molar-refractivity contribution < 1.29 is 9.47 Å². The van der Waals surface area contributed by atoms with E-state index in [2.05, 4.69) is 4.98 Å². The molecule has 0 unspecified atom stereocenters. The van der Waals surface area contributed by atoms with Gasteiger partial charge in [0.05, 0.1) is 18.3 Å². The number of hydrogen-bond donors (Lipinski definition) is 1. The second-order valence-electron chi connectivity index (χ2n) is 4.68. The topological polar surface area (TPSA) is 57.4 Å². The number of benzene rings is 2. The van der Waals surface area contributed by atoms with Crippen LogP contribution in [0.2, 0.25) is 0 Å². The summed E-state index contributed by atoms with van der Waals surface area (Å²) in [6.45, 7) is 0.444. The third-order valence-electron chi connectivity index (χ3n) is 3.34. The molecule has 0 bridgehead atoms. The van der Waals surface area contributed by atoms with Crippen LogP contribution >= 0.6 is 0 Å². The molecular weight excluding hydrogens is 264 g/mol. The second kappa shape index (κ2) is 5.71. The van der Waals surface area contributed by atoms with Gasteiger partial charge < -0.3 is 15.2 Å². The first kappa shape index (κ1) is 13.2. The first-order valence-corrected chi connectivity index (χ1v) is 6.67. The van der Waals surface area contributed by atoms with E-state index in [1.165, 1.54) is 0 Å². The van der Waals surface area contributed by atoms with Crippen molar-refractivity contribution in [1.29, 1.82) is 0 Å². The van der Waals surface area contributed by atoms with Crippen molar-refractivity contribution in [3.8, 4) is 11.5 Å². The van der Waals surface area contributed by atoms with Crippen LogP contribution in [0.3, 0.4) is 0 Å². The molecule has 3 aromatic rings. The number of ether oxygens (including phenoxy) is 2. The summed E-state index contributed by atoms with van der Waals surface area (Å²) in [5, 5.41) is 1.09. The zero-order valence-electron chi connectivity index (χ0n) is 11.7. The standard InChI is InChI=1S/C17H16N2O2/c1-20-13-6-7-17(15(18)10-13)21-11-12-8-9-19-16-5-3-2-4-14(12)16/h2-10H,11,18H2,1H3. The van der Waals surface area contributed by atoms with Gasteiger partial charge in [-0.05, 0) is 24.3 Å². The quantitative estimate of drug-likeness (QED) is 0.744.